The second-order valence-corrected chi connectivity index (χ2v) is 7.09. The Labute approximate surface area is 147 Å². The number of ether oxygens (including phenoxy) is 1. The Balaban J connectivity index is 1.63. The Hall–Kier alpha value is -1.76. The zero-order valence-electron chi connectivity index (χ0n) is 15.1. The van der Waals surface area contributed by atoms with Crippen molar-refractivity contribution in [3.8, 4) is 16.9 Å². The van der Waals surface area contributed by atoms with Crippen molar-refractivity contribution in [3.63, 3.8) is 0 Å². The highest BCUT2D eigenvalue weighted by molar-refractivity contribution is 5.64. The van der Waals surface area contributed by atoms with E-state index in [0.29, 0.717) is 6.61 Å². The first-order chi connectivity index (χ1) is 11.8. The van der Waals surface area contributed by atoms with Crippen LogP contribution in [0.1, 0.15) is 63.9 Å². The zero-order valence-corrected chi connectivity index (χ0v) is 15.1. The number of hydrogen-bond acceptors (Lipinski definition) is 1. The van der Waals surface area contributed by atoms with Gasteiger partial charge in [0.25, 0.3) is 0 Å². The van der Waals surface area contributed by atoms with E-state index in [4.69, 9.17) is 4.74 Å². The van der Waals surface area contributed by atoms with Crippen LogP contribution in [-0.2, 0) is 0 Å². The van der Waals surface area contributed by atoms with Crippen molar-refractivity contribution < 1.29 is 4.74 Å². The Bertz CT molecular complexity index is 603. The van der Waals surface area contributed by atoms with Crippen LogP contribution in [0, 0.1) is 5.92 Å². The van der Waals surface area contributed by atoms with Gasteiger partial charge in [-0.3, -0.25) is 0 Å². The van der Waals surface area contributed by atoms with Crippen molar-refractivity contribution in [2.75, 3.05) is 6.61 Å². The van der Waals surface area contributed by atoms with Gasteiger partial charge in [0.15, 0.2) is 0 Å². The molecular formula is C23H30O. The average Bonchev–Trinajstić information content (AvgIpc) is 2.64. The molecule has 0 spiro atoms. The summed E-state index contributed by atoms with van der Waals surface area (Å²) in [6.45, 7) is 5.04. The molecule has 128 valence electrons. The summed E-state index contributed by atoms with van der Waals surface area (Å²) in [6, 6.07) is 17.7. The van der Waals surface area contributed by atoms with E-state index in [9.17, 15) is 0 Å². The Kier molecular flexibility index (Phi) is 5.96. The maximum Gasteiger partial charge on any atom is 0.119 e. The molecule has 0 atom stereocenters. The zero-order chi connectivity index (χ0) is 16.8. The maximum atomic E-state index is 5.52. The highest BCUT2D eigenvalue weighted by Gasteiger charge is 2.21. The molecule has 1 aliphatic rings. The fourth-order valence-electron chi connectivity index (χ4n) is 4.05. The van der Waals surface area contributed by atoms with E-state index in [1.807, 2.05) is 6.92 Å². The van der Waals surface area contributed by atoms with Gasteiger partial charge in [-0.1, -0.05) is 56.2 Å². The van der Waals surface area contributed by atoms with E-state index in [-0.39, 0.29) is 0 Å². The third-order valence-electron chi connectivity index (χ3n) is 5.42. The smallest absolute Gasteiger partial charge is 0.119 e. The molecule has 0 saturated heterocycles. The van der Waals surface area contributed by atoms with Crippen LogP contribution in [0.3, 0.4) is 0 Å². The van der Waals surface area contributed by atoms with Crippen LogP contribution >= 0.6 is 0 Å². The van der Waals surface area contributed by atoms with Gasteiger partial charge in [-0.2, -0.15) is 0 Å². The van der Waals surface area contributed by atoms with Gasteiger partial charge in [0.2, 0.25) is 0 Å². The predicted molar refractivity (Wildman–Crippen MR) is 103 cm³/mol. The van der Waals surface area contributed by atoms with Gasteiger partial charge >= 0.3 is 0 Å². The van der Waals surface area contributed by atoms with Gasteiger partial charge < -0.3 is 4.74 Å². The lowest BCUT2D eigenvalue weighted by atomic mass is 9.77. The molecule has 1 heteroatoms. The van der Waals surface area contributed by atoms with Gasteiger partial charge in [-0.05, 0) is 73.3 Å². The lowest BCUT2D eigenvalue weighted by molar-refractivity contribution is 0.308. The van der Waals surface area contributed by atoms with E-state index in [1.54, 1.807) is 0 Å². The van der Waals surface area contributed by atoms with Crippen LogP contribution in [0.2, 0.25) is 0 Å². The second-order valence-electron chi connectivity index (χ2n) is 7.09. The van der Waals surface area contributed by atoms with Crippen molar-refractivity contribution in [1.29, 1.82) is 0 Å². The standard InChI is InChI=1S/C23H30O/c1-3-5-18-6-8-19(9-7-18)20-10-12-21(13-11-20)22-14-16-23(17-15-22)24-4-2/h10-19H,3-9H2,1-2H3. The fraction of sp³-hybridized carbons (Fsp3) is 0.478. The lowest BCUT2D eigenvalue weighted by Gasteiger charge is -2.28. The highest BCUT2D eigenvalue weighted by atomic mass is 16.5. The minimum Gasteiger partial charge on any atom is -0.494 e. The highest BCUT2D eigenvalue weighted by Crippen LogP contribution is 2.38. The summed E-state index contributed by atoms with van der Waals surface area (Å²) in [4.78, 5) is 0. The molecule has 1 saturated carbocycles. The summed E-state index contributed by atoms with van der Waals surface area (Å²) >= 11 is 0. The molecule has 3 rings (SSSR count). The molecule has 0 amide bonds. The lowest BCUT2D eigenvalue weighted by Crippen LogP contribution is -2.13. The SMILES string of the molecule is CCCC1CCC(c2ccc(-c3ccc(OCC)cc3)cc2)CC1. The van der Waals surface area contributed by atoms with Crippen molar-refractivity contribution in [2.45, 2.75) is 58.3 Å². The molecule has 2 aromatic carbocycles. The normalized spacial score (nSPS) is 20.8. The quantitative estimate of drug-likeness (QED) is 0.566. The maximum absolute atomic E-state index is 5.52. The number of rotatable bonds is 6. The summed E-state index contributed by atoms with van der Waals surface area (Å²) in [7, 11) is 0. The second kappa shape index (κ2) is 8.37. The van der Waals surface area contributed by atoms with Crippen LogP contribution < -0.4 is 4.74 Å². The van der Waals surface area contributed by atoms with Crippen molar-refractivity contribution in [1.82, 2.24) is 0 Å². The molecule has 24 heavy (non-hydrogen) atoms. The molecule has 0 unspecified atom stereocenters. The number of benzene rings is 2. The third kappa shape index (κ3) is 4.20. The summed E-state index contributed by atoms with van der Waals surface area (Å²) in [6.07, 6.45) is 8.33. The molecule has 0 bridgehead atoms. The summed E-state index contributed by atoms with van der Waals surface area (Å²) in [5.74, 6) is 2.70. The van der Waals surface area contributed by atoms with E-state index in [1.165, 1.54) is 55.2 Å². The summed E-state index contributed by atoms with van der Waals surface area (Å²) in [5, 5.41) is 0. The predicted octanol–water partition coefficient (Wildman–Crippen LogP) is 6.83. The van der Waals surface area contributed by atoms with Crippen molar-refractivity contribution >= 4 is 0 Å². The molecule has 0 radical (unpaired) electrons. The first-order valence-electron chi connectivity index (χ1n) is 9.63. The van der Waals surface area contributed by atoms with Gasteiger partial charge in [0.05, 0.1) is 6.61 Å². The van der Waals surface area contributed by atoms with Crippen LogP contribution in [0.15, 0.2) is 48.5 Å². The van der Waals surface area contributed by atoms with E-state index in [2.05, 4.69) is 55.5 Å². The molecular weight excluding hydrogens is 292 g/mol. The first kappa shape index (κ1) is 17.1. The molecule has 1 fully saturated rings. The minimum atomic E-state index is 0.717. The van der Waals surface area contributed by atoms with Crippen molar-refractivity contribution in [2.24, 2.45) is 5.92 Å². The van der Waals surface area contributed by atoms with E-state index in [0.717, 1.165) is 17.6 Å². The van der Waals surface area contributed by atoms with Gasteiger partial charge in [0.1, 0.15) is 5.75 Å². The minimum absolute atomic E-state index is 0.717. The van der Waals surface area contributed by atoms with E-state index >= 15 is 0 Å². The van der Waals surface area contributed by atoms with Crippen LogP contribution in [0.25, 0.3) is 11.1 Å². The average molecular weight is 322 g/mol. The topological polar surface area (TPSA) is 9.23 Å². The van der Waals surface area contributed by atoms with Gasteiger partial charge in [-0.25, -0.2) is 0 Å². The Morgan fingerprint density at radius 3 is 1.92 bits per heavy atom. The van der Waals surface area contributed by atoms with Crippen LogP contribution in [-0.4, -0.2) is 6.61 Å². The van der Waals surface area contributed by atoms with Crippen LogP contribution in [0.5, 0.6) is 5.75 Å². The molecule has 2 aromatic rings. The number of hydrogen-bond donors (Lipinski definition) is 0. The third-order valence-corrected chi connectivity index (χ3v) is 5.42. The Morgan fingerprint density at radius 1 is 0.792 bits per heavy atom. The van der Waals surface area contributed by atoms with Crippen molar-refractivity contribution in [3.05, 3.63) is 54.1 Å². The molecule has 1 aliphatic carbocycles. The van der Waals surface area contributed by atoms with E-state index < -0.39 is 0 Å². The molecule has 0 N–H and O–H groups in total. The fourth-order valence-corrected chi connectivity index (χ4v) is 4.05. The first-order valence-corrected chi connectivity index (χ1v) is 9.63. The summed E-state index contributed by atoms with van der Waals surface area (Å²) < 4.78 is 5.52. The van der Waals surface area contributed by atoms with Crippen LogP contribution in [0.4, 0.5) is 0 Å². The Morgan fingerprint density at radius 2 is 1.38 bits per heavy atom. The molecule has 0 heterocycles. The molecule has 0 aliphatic heterocycles. The van der Waals surface area contributed by atoms with Gasteiger partial charge in [0, 0.05) is 0 Å². The summed E-state index contributed by atoms with van der Waals surface area (Å²) in [5.41, 5.74) is 4.08. The largest absolute Gasteiger partial charge is 0.494 e. The monoisotopic (exact) mass is 322 g/mol. The molecule has 0 aromatic heterocycles. The van der Waals surface area contributed by atoms with Gasteiger partial charge in [-0.15, -0.1) is 0 Å². The molecule has 1 nitrogen and oxygen atoms in total.